The maximum atomic E-state index is 5.99. The Bertz CT molecular complexity index is 595. The van der Waals surface area contributed by atoms with E-state index >= 15 is 0 Å². The molecule has 0 radical (unpaired) electrons. The molecule has 1 aromatic heterocycles. The fourth-order valence-electron chi connectivity index (χ4n) is 2.90. The summed E-state index contributed by atoms with van der Waals surface area (Å²) < 4.78 is 5.99. The van der Waals surface area contributed by atoms with Crippen molar-refractivity contribution in [3.63, 3.8) is 0 Å². The minimum absolute atomic E-state index is 0.555. The summed E-state index contributed by atoms with van der Waals surface area (Å²) >= 11 is 0. The number of likely N-dealkylation sites (tertiary alicyclic amines) is 1. The molecule has 0 bridgehead atoms. The minimum Gasteiger partial charge on any atom is -0.489 e. The minimum atomic E-state index is 0.555. The average molecular weight is 311 g/mol. The lowest BCUT2D eigenvalue weighted by Crippen LogP contribution is -2.40. The number of nitrogens with zero attached hydrogens (tertiary/aromatic N) is 2. The molecule has 0 saturated carbocycles. The first-order chi connectivity index (χ1) is 11.3. The second-order valence-corrected chi connectivity index (χ2v) is 6.22. The van der Waals surface area contributed by atoms with Crippen LogP contribution in [0.5, 0.6) is 5.75 Å². The Hall–Kier alpha value is -1.91. The Kier molecular flexibility index (Phi) is 5.61. The van der Waals surface area contributed by atoms with Crippen molar-refractivity contribution in [2.45, 2.75) is 32.0 Å². The summed E-state index contributed by atoms with van der Waals surface area (Å²) in [6, 6.07) is 12.9. The number of rotatable bonds is 6. The summed E-state index contributed by atoms with van der Waals surface area (Å²) in [6.45, 7) is 3.77. The zero-order chi connectivity index (χ0) is 15.9. The van der Waals surface area contributed by atoms with Crippen molar-refractivity contribution >= 4 is 0 Å². The normalized spacial score (nSPS) is 16.4. The monoisotopic (exact) mass is 311 g/mol. The van der Waals surface area contributed by atoms with Crippen LogP contribution in [0.2, 0.25) is 0 Å². The Labute approximate surface area is 138 Å². The first-order valence-corrected chi connectivity index (χ1v) is 8.33. The largest absolute Gasteiger partial charge is 0.489 e. The number of ether oxygens (including phenoxy) is 1. The number of para-hydroxylation sites is 1. The maximum absolute atomic E-state index is 5.99. The van der Waals surface area contributed by atoms with Gasteiger partial charge in [0, 0.05) is 36.1 Å². The number of nitrogens with one attached hydrogen (secondary N) is 1. The predicted molar refractivity (Wildman–Crippen MR) is 92.4 cm³/mol. The van der Waals surface area contributed by atoms with Crippen LogP contribution in [0.15, 0.2) is 48.8 Å². The van der Waals surface area contributed by atoms with Crippen LogP contribution in [0.4, 0.5) is 0 Å². The van der Waals surface area contributed by atoms with Gasteiger partial charge in [-0.05, 0) is 45.1 Å². The van der Waals surface area contributed by atoms with E-state index in [1.807, 2.05) is 30.5 Å². The van der Waals surface area contributed by atoms with Crippen molar-refractivity contribution in [1.29, 1.82) is 0 Å². The van der Waals surface area contributed by atoms with Gasteiger partial charge in [0.15, 0.2) is 0 Å². The van der Waals surface area contributed by atoms with Gasteiger partial charge in [-0.2, -0.15) is 0 Å². The van der Waals surface area contributed by atoms with E-state index in [2.05, 4.69) is 34.4 Å². The van der Waals surface area contributed by atoms with Crippen LogP contribution in [0.1, 0.15) is 24.0 Å². The lowest BCUT2D eigenvalue weighted by Gasteiger charge is -2.29. The fraction of sp³-hybridized carbons (Fsp3) is 0.421. The van der Waals surface area contributed by atoms with Gasteiger partial charge in [0.05, 0.1) is 0 Å². The van der Waals surface area contributed by atoms with Gasteiger partial charge >= 0.3 is 0 Å². The molecule has 1 aliphatic rings. The van der Waals surface area contributed by atoms with E-state index in [1.165, 1.54) is 31.5 Å². The SMILES string of the molecule is CN1CCC(NCc2ccccc2OCc2cccnc2)CC1. The lowest BCUT2D eigenvalue weighted by molar-refractivity contribution is 0.233. The molecule has 4 heteroatoms. The van der Waals surface area contributed by atoms with Crippen molar-refractivity contribution in [2.24, 2.45) is 0 Å². The number of piperidine rings is 1. The summed E-state index contributed by atoms with van der Waals surface area (Å²) in [5.74, 6) is 0.955. The third-order valence-electron chi connectivity index (χ3n) is 4.39. The Morgan fingerprint density at radius 3 is 2.78 bits per heavy atom. The molecule has 0 amide bonds. The summed E-state index contributed by atoms with van der Waals surface area (Å²) in [6.07, 6.45) is 6.06. The molecule has 1 fully saturated rings. The molecule has 0 spiro atoms. The fourth-order valence-corrected chi connectivity index (χ4v) is 2.90. The molecular weight excluding hydrogens is 286 g/mol. The highest BCUT2D eigenvalue weighted by atomic mass is 16.5. The molecule has 0 unspecified atom stereocenters. The van der Waals surface area contributed by atoms with E-state index < -0.39 is 0 Å². The molecule has 1 N–H and O–H groups in total. The summed E-state index contributed by atoms with van der Waals surface area (Å²) in [5, 5.41) is 3.68. The number of pyridine rings is 1. The molecule has 2 heterocycles. The first-order valence-electron chi connectivity index (χ1n) is 8.33. The molecule has 23 heavy (non-hydrogen) atoms. The van der Waals surface area contributed by atoms with Gasteiger partial charge in [0.1, 0.15) is 12.4 Å². The van der Waals surface area contributed by atoms with Crippen molar-refractivity contribution < 1.29 is 4.74 Å². The molecule has 4 nitrogen and oxygen atoms in total. The van der Waals surface area contributed by atoms with Crippen LogP contribution in [0, 0.1) is 0 Å². The molecule has 122 valence electrons. The zero-order valence-electron chi connectivity index (χ0n) is 13.7. The highest BCUT2D eigenvalue weighted by molar-refractivity contribution is 5.33. The molecule has 0 atom stereocenters. The van der Waals surface area contributed by atoms with Gasteiger partial charge in [-0.3, -0.25) is 4.98 Å². The van der Waals surface area contributed by atoms with Crippen LogP contribution in [0.25, 0.3) is 0 Å². The summed E-state index contributed by atoms with van der Waals surface area (Å²) in [5.41, 5.74) is 2.31. The second kappa shape index (κ2) is 8.09. The number of aromatic nitrogens is 1. The van der Waals surface area contributed by atoms with Gasteiger partial charge in [-0.15, -0.1) is 0 Å². The number of hydrogen-bond acceptors (Lipinski definition) is 4. The molecule has 1 aliphatic heterocycles. The van der Waals surface area contributed by atoms with Crippen molar-refractivity contribution in [3.8, 4) is 5.75 Å². The maximum Gasteiger partial charge on any atom is 0.124 e. The molecular formula is C19H25N3O. The Balaban J connectivity index is 1.55. The highest BCUT2D eigenvalue weighted by Crippen LogP contribution is 2.20. The van der Waals surface area contributed by atoms with Crippen LogP contribution in [-0.4, -0.2) is 36.1 Å². The molecule has 2 aromatic rings. The number of hydrogen-bond donors (Lipinski definition) is 1. The molecule has 3 rings (SSSR count). The topological polar surface area (TPSA) is 37.4 Å². The summed E-state index contributed by atoms with van der Waals surface area (Å²) in [7, 11) is 2.19. The van der Waals surface area contributed by atoms with Gasteiger partial charge in [-0.1, -0.05) is 24.3 Å². The lowest BCUT2D eigenvalue weighted by atomic mass is 10.0. The zero-order valence-corrected chi connectivity index (χ0v) is 13.7. The van der Waals surface area contributed by atoms with E-state index in [4.69, 9.17) is 4.74 Å². The molecule has 0 aliphatic carbocycles. The molecule has 1 aromatic carbocycles. The average Bonchev–Trinajstić information content (AvgIpc) is 2.61. The van der Waals surface area contributed by atoms with Crippen molar-refractivity contribution in [3.05, 3.63) is 59.9 Å². The quantitative estimate of drug-likeness (QED) is 0.890. The first kappa shape index (κ1) is 16.0. The standard InChI is InChI=1S/C19H25N3O/c1-22-11-8-18(9-12-22)21-14-17-6-2-3-7-19(17)23-15-16-5-4-10-20-13-16/h2-7,10,13,18,21H,8-9,11-12,14-15H2,1H3. The van der Waals surface area contributed by atoms with E-state index in [0.29, 0.717) is 12.6 Å². The van der Waals surface area contributed by atoms with Crippen molar-refractivity contribution in [1.82, 2.24) is 15.2 Å². The Morgan fingerprint density at radius 2 is 2.00 bits per heavy atom. The van der Waals surface area contributed by atoms with Crippen LogP contribution in [-0.2, 0) is 13.2 Å². The second-order valence-electron chi connectivity index (χ2n) is 6.22. The van der Waals surface area contributed by atoms with Gasteiger partial charge in [0.2, 0.25) is 0 Å². The highest BCUT2D eigenvalue weighted by Gasteiger charge is 2.16. The number of benzene rings is 1. The predicted octanol–water partition coefficient (Wildman–Crippen LogP) is 2.84. The summed E-state index contributed by atoms with van der Waals surface area (Å²) in [4.78, 5) is 6.52. The van der Waals surface area contributed by atoms with E-state index in [0.717, 1.165) is 17.9 Å². The van der Waals surface area contributed by atoms with Crippen LogP contribution < -0.4 is 10.1 Å². The van der Waals surface area contributed by atoms with Gasteiger partial charge in [-0.25, -0.2) is 0 Å². The van der Waals surface area contributed by atoms with Gasteiger partial charge < -0.3 is 15.0 Å². The third kappa shape index (κ3) is 4.78. The van der Waals surface area contributed by atoms with Crippen LogP contribution >= 0.6 is 0 Å². The van der Waals surface area contributed by atoms with E-state index in [-0.39, 0.29) is 0 Å². The van der Waals surface area contributed by atoms with Crippen LogP contribution in [0.3, 0.4) is 0 Å². The van der Waals surface area contributed by atoms with Gasteiger partial charge in [0.25, 0.3) is 0 Å². The van der Waals surface area contributed by atoms with Crippen molar-refractivity contribution in [2.75, 3.05) is 20.1 Å². The smallest absolute Gasteiger partial charge is 0.124 e. The Morgan fingerprint density at radius 1 is 1.17 bits per heavy atom. The van der Waals surface area contributed by atoms with E-state index in [1.54, 1.807) is 6.20 Å². The molecule has 1 saturated heterocycles. The third-order valence-corrected chi connectivity index (χ3v) is 4.39. The van der Waals surface area contributed by atoms with E-state index in [9.17, 15) is 0 Å².